The molecule has 0 spiro atoms. The average Bonchev–Trinajstić information content (AvgIpc) is 2.20. The molecule has 14 heavy (non-hydrogen) atoms. The van der Waals surface area contributed by atoms with E-state index >= 15 is 0 Å². The predicted molar refractivity (Wildman–Crippen MR) is 71.0 cm³/mol. The molecule has 0 rings (SSSR count). The first-order valence-electron chi connectivity index (χ1n) is 6.56. The highest BCUT2D eigenvalue weighted by molar-refractivity contribution is 7.17. The number of hydrogen-bond acceptors (Lipinski definition) is 0. The SMILES string of the molecule is CCCCCCCCC(P)CCCC. The monoisotopic (exact) mass is 216 g/mol. The third-order valence-corrected chi connectivity index (χ3v) is 3.52. The molecule has 0 radical (unpaired) electrons. The van der Waals surface area contributed by atoms with Gasteiger partial charge in [-0.2, -0.15) is 0 Å². The van der Waals surface area contributed by atoms with Crippen molar-refractivity contribution in [1.29, 1.82) is 0 Å². The van der Waals surface area contributed by atoms with Crippen LogP contribution in [0.15, 0.2) is 0 Å². The van der Waals surface area contributed by atoms with Crippen LogP contribution in [-0.2, 0) is 0 Å². The maximum absolute atomic E-state index is 3.02. The van der Waals surface area contributed by atoms with E-state index in [0.29, 0.717) is 0 Å². The maximum atomic E-state index is 3.02. The zero-order valence-electron chi connectivity index (χ0n) is 10.2. The van der Waals surface area contributed by atoms with Gasteiger partial charge in [0.2, 0.25) is 0 Å². The fourth-order valence-electron chi connectivity index (χ4n) is 1.80. The van der Waals surface area contributed by atoms with E-state index in [2.05, 4.69) is 23.1 Å². The van der Waals surface area contributed by atoms with Gasteiger partial charge in [-0.3, -0.25) is 0 Å². The second kappa shape index (κ2) is 11.5. The summed E-state index contributed by atoms with van der Waals surface area (Å²) in [6.07, 6.45) is 14.2. The molecule has 0 aromatic rings. The lowest BCUT2D eigenvalue weighted by Gasteiger charge is -2.09. The highest BCUT2D eigenvalue weighted by Gasteiger charge is 2.00. The molecule has 0 saturated heterocycles. The molecular weight excluding hydrogens is 187 g/mol. The average molecular weight is 216 g/mol. The van der Waals surface area contributed by atoms with Crippen LogP contribution in [0.1, 0.15) is 78.1 Å². The van der Waals surface area contributed by atoms with Gasteiger partial charge in [0.15, 0.2) is 0 Å². The maximum Gasteiger partial charge on any atom is -0.0264 e. The zero-order valence-corrected chi connectivity index (χ0v) is 11.4. The highest BCUT2D eigenvalue weighted by Crippen LogP contribution is 2.18. The molecule has 0 fully saturated rings. The van der Waals surface area contributed by atoms with Crippen LogP contribution >= 0.6 is 9.24 Å². The van der Waals surface area contributed by atoms with Gasteiger partial charge in [-0.1, -0.05) is 65.2 Å². The second-order valence-corrected chi connectivity index (χ2v) is 5.40. The van der Waals surface area contributed by atoms with Crippen LogP contribution in [0.5, 0.6) is 0 Å². The van der Waals surface area contributed by atoms with Gasteiger partial charge in [0.25, 0.3) is 0 Å². The van der Waals surface area contributed by atoms with Gasteiger partial charge in [0.05, 0.1) is 0 Å². The van der Waals surface area contributed by atoms with Crippen LogP contribution in [0.2, 0.25) is 0 Å². The third kappa shape index (κ3) is 10.5. The fraction of sp³-hybridized carbons (Fsp3) is 1.00. The van der Waals surface area contributed by atoms with Gasteiger partial charge in [0, 0.05) is 0 Å². The van der Waals surface area contributed by atoms with Crippen LogP contribution in [0.3, 0.4) is 0 Å². The summed E-state index contributed by atoms with van der Waals surface area (Å²) in [7, 11) is 3.02. The van der Waals surface area contributed by atoms with Crippen molar-refractivity contribution in [3.63, 3.8) is 0 Å². The van der Waals surface area contributed by atoms with Crippen molar-refractivity contribution in [3.05, 3.63) is 0 Å². The van der Waals surface area contributed by atoms with Crippen LogP contribution in [0.25, 0.3) is 0 Å². The van der Waals surface area contributed by atoms with Crippen molar-refractivity contribution in [2.24, 2.45) is 0 Å². The molecule has 0 aliphatic heterocycles. The van der Waals surface area contributed by atoms with Gasteiger partial charge in [-0.25, -0.2) is 0 Å². The van der Waals surface area contributed by atoms with Crippen molar-refractivity contribution >= 4 is 9.24 Å². The Balaban J connectivity index is 3.02. The molecule has 1 heteroatoms. The van der Waals surface area contributed by atoms with Crippen molar-refractivity contribution < 1.29 is 0 Å². The van der Waals surface area contributed by atoms with Crippen molar-refractivity contribution in [3.8, 4) is 0 Å². The lowest BCUT2D eigenvalue weighted by atomic mass is 10.1. The molecule has 0 aliphatic rings. The Bertz CT molecular complexity index is 101. The summed E-state index contributed by atoms with van der Waals surface area (Å²) in [4.78, 5) is 0. The Morgan fingerprint density at radius 1 is 0.714 bits per heavy atom. The third-order valence-electron chi connectivity index (χ3n) is 2.86. The molecule has 0 nitrogen and oxygen atoms in total. The normalized spacial score (nSPS) is 13.1. The molecule has 0 aromatic heterocycles. The first-order chi connectivity index (χ1) is 6.81. The minimum atomic E-state index is 0.890. The van der Waals surface area contributed by atoms with Crippen LogP contribution in [0, 0.1) is 0 Å². The molecule has 0 aliphatic carbocycles. The molecule has 0 bridgehead atoms. The quantitative estimate of drug-likeness (QED) is 0.349. The zero-order chi connectivity index (χ0) is 10.6. The van der Waals surface area contributed by atoms with Crippen LogP contribution < -0.4 is 0 Å². The summed E-state index contributed by atoms with van der Waals surface area (Å²) < 4.78 is 0. The number of unbranched alkanes of at least 4 members (excludes halogenated alkanes) is 6. The number of hydrogen-bond donors (Lipinski definition) is 0. The van der Waals surface area contributed by atoms with Crippen LogP contribution in [0.4, 0.5) is 0 Å². The van der Waals surface area contributed by atoms with Gasteiger partial charge < -0.3 is 0 Å². The Morgan fingerprint density at radius 3 is 1.86 bits per heavy atom. The van der Waals surface area contributed by atoms with E-state index in [1.807, 2.05) is 0 Å². The first kappa shape index (κ1) is 14.4. The summed E-state index contributed by atoms with van der Waals surface area (Å²) in [6, 6.07) is 0. The minimum Gasteiger partial charge on any atom is -0.134 e. The smallest absolute Gasteiger partial charge is 0.0264 e. The van der Waals surface area contributed by atoms with Crippen molar-refractivity contribution in [2.45, 2.75) is 83.7 Å². The van der Waals surface area contributed by atoms with E-state index < -0.39 is 0 Å². The molecule has 2 atom stereocenters. The van der Waals surface area contributed by atoms with E-state index in [0.717, 1.165) is 5.66 Å². The summed E-state index contributed by atoms with van der Waals surface area (Å²) in [5, 5.41) is 0. The molecule has 2 unspecified atom stereocenters. The molecule has 86 valence electrons. The molecule has 0 heterocycles. The molecular formula is C13H29P. The summed E-state index contributed by atoms with van der Waals surface area (Å²) in [5.74, 6) is 0. The molecule has 0 saturated carbocycles. The Labute approximate surface area is 93.4 Å². The molecule has 0 aromatic carbocycles. The lowest BCUT2D eigenvalue weighted by Crippen LogP contribution is -1.97. The summed E-state index contributed by atoms with van der Waals surface area (Å²) in [6.45, 7) is 4.56. The standard InChI is InChI=1S/C13H29P/c1-3-5-7-8-9-10-12-13(14)11-6-4-2/h13H,3-12,14H2,1-2H3. The van der Waals surface area contributed by atoms with Crippen LogP contribution in [-0.4, -0.2) is 5.66 Å². The fourth-order valence-corrected chi connectivity index (χ4v) is 2.27. The molecule has 0 N–H and O–H groups in total. The summed E-state index contributed by atoms with van der Waals surface area (Å²) in [5.41, 5.74) is 0.890. The van der Waals surface area contributed by atoms with Gasteiger partial charge >= 0.3 is 0 Å². The number of rotatable bonds is 10. The van der Waals surface area contributed by atoms with Gasteiger partial charge in [-0.15, -0.1) is 9.24 Å². The Kier molecular flexibility index (Phi) is 11.9. The van der Waals surface area contributed by atoms with Gasteiger partial charge in [0.1, 0.15) is 0 Å². The minimum absolute atomic E-state index is 0.890. The van der Waals surface area contributed by atoms with Crippen molar-refractivity contribution in [1.82, 2.24) is 0 Å². The van der Waals surface area contributed by atoms with E-state index in [1.54, 1.807) is 0 Å². The Morgan fingerprint density at radius 2 is 1.21 bits per heavy atom. The van der Waals surface area contributed by atoms with E-state index in [-0.39, 0.29) is 0 Å². The largest absolute Gasteiger partial charge is 0.134 e. The van der Waals surface area contributed by atoms with E-state index in [4.69, 9.17) is 0 Å². The predicted octanol–water partition coefficient (Wildman–Crippen LogP) is 5.17. The first-order valence-corrected chi connectivity index (χ1v) is 7.23. The second-order valence-electron chi connectivity index (χ2n) is 4.46. The van der Waals surface area contributed by atoms with E-state index in [1.165, 1.54) is 64.2 Å². The topological polar surface area (TPSA) is 0 Å². The van der Waals surface area contributed by atoms with Crippen molar-refractivity contribution in [2.75, 3.05) is 0 Å². The van der Waals surface area contributed by atoms with Gasteiger partial charge in [-0.05, 0) is 18.5 Å². The Hall–Kier alpha value is 0.430. The highest BCUT2D eigenvalue weighted by atomic mass is 31.0. The molecule has 0 amide bonds. The van der Waals surface area contributed by atoms with E-state index in [9.17, 15) is 0 Å². The summed E-state index contributed by atoms with van der Waals surface area (Å²) >= 11 is 0. The lowest BCUT2D eigenvalue weighted by molar-refractivity contribution is 0.562.